The molecule has 0 bridgehead atoms. The summed E-state index contributed by atoms with van der Waals surface area (Å²) >= 11 is 1.24. The maximum Gasteiger partial charge on any atom is 0.271 e. The van der Waals surface area contributed by atoms with Crippen molar-refractivity contribution in [3.05, 3.63) is 115 Å². The highest BCUT2D eigenvalue weighted by molar-refractivity contribution is 7.07. The number of carbonyl (C=O) groups is 1. The number of hydrogen-bond acceptors (Lipinski definition) is 7. The van der Waals surface area contributed by atoms with Crippen LogP contribution in [0.2, 0.25) is 0 Å². The molecule has 0 radical (unpaired) electrons. The number of fused-ring (bicyclic) bond motifs is 1. The van der Waals surface area contributed by atoms with Crippen LogP contribution in [0.4, 0.5) is 5.69 Å². The monoisotopic (exact) mass is 541 g/mol. The van der Waals surface area contributed by atoms with Gasteiger partial charge in [-0.25, -0.2) is 4.99 Å². The number of carbonyl (C=O) groups excluding carboxylic acids is 1. The van der Waals surface area contributed by atoms with Crippen molar-refractivity contribution in [2.45, 2.75) is 19.9 Å². The number of aromatic nitrogens is 1. The van der Waals surface area contributed by atoms with Crippen LogP contribution in [0.25, 0.3) is 6.08 Å². The molecule has 1 aliphatic rings. The zero-order valence-electron chi connectivity index (χ0n) is 21.7. The summed E-state index contributed by atoms with van der Waals surface area (Å²) in [4.78, 5) is 32.7. The standard InChI is InChI=1S/C30H27N3O5S/c1-4-38-22-13-11-20(12-14-22)27-26(28(35)32-21-8-6-5-7-9-21)18(2)31-30-33(27)29(36)25(39-30)17-19-10-15-23(34)24(16-19)37-3/h5-17,27,34H,4H2,1-3H3,(H,32,35)/b25-17-. The summed E-state index contributed by atoms with van der Waals surface area (Å²) in [6, 6.07) is 20.7. The lowest BCUT2D eigenvalue weighted by Crippen LogP contribution is -2.40. The molecule has 1 aliphatic heterocycles. The molecule has 0 saturated heterocycles. The van der Waals surface area contributed by atoms with Gasteiger partial charge in [0.1, 0.15) is 5.75 Å². The fourth-order valence-corrected chi connectivity index (χ4v) is 5.54. The van der Waals surface area contributed by atoms with E-state index in [1.54, 1.807) is 41.8 Å². The Hall–Kier alpha value is -4.63. The molecular weight excluding hydrogens is 514 g/mol. The normalized spacial score (nSPS) is 14.9. The topological polar surface area (TPSA) is 102 Å². The van der Waals surface area contributed by atoms with Gasteiger partial charge in [0.15, 0.2) is 16.3 Å². The third-order valence-electron chi connectivity index (χ3n) is 6.31. The van der Waals surface area contributed by atoms with Crippen LogP contribution in [0.1, 0.15) is 31.0 Å². The van der Waals surface area contributed by atoms with Crippen molar-refractivity contribution in [2.75, 3.05) is 19.0 Å². The van der Waals surface area contributed by atoms with E-state index in [0.717, 1.165) is 5.56 Å². The highest BCUT2D eigenvalue weighted by Gasteiger charge is 2.32. The summed E-state index contributed by atoms with van der Waals surface area (Å²) in [5, 5.41) is 12.9. The number of benzene rings is 3. The lowest BCUT2D eigenvalue weighted by molar-refractivity contribution is -0.113. The third kappa shape index (κ3) is 5.21. The molecule has 1 amide bonds. The number of hydrogen-bond donors (Lipinski definition) is 2. The van der Waals surface area contributed by atoms with Crippen LogP contribution in [0.15, 0.2) is 93.9 Å². The first kappa shape index (κ1) is 26.0. The summed E-state index contributed by atoms with van der Waals surface area (Å²) in [7, 11) is 1.47. The molecule has 0 fully saturated rings. The highest BCUT2D eigenvalue weighted by atomic mass is 32.1. The third-order valence-corrected chi connectivity index (χ3v) is 7.29. The van der Waals surface area contributed by atoms with E-state index < -0.39 is 6.04 Å². The summed E-state index contributed by atoms with van der Waals surface area (Å²) in [5.41, 5.74) is 2.72. The molecule has 1 unspecified atom stereocenters. The Bertz CT molecular complexity index is 1740. The molecular formula is C30H27N3O5S. The molecule has 198 valence electrons. The number of phenolic OH excluding ortho intramolecular Hbond substituents is 1. The summed E-state index contributed by atoms with van der Waals surface area (Å²) in [6.07, 6.45) is 1.73. The van der Waals surface area contributed by atoms with Crippen molar-refractivity contribution in [3.63, 3.8) is 0 Å². The van der Waals surface area contributed by atoms with Crippen molar-refractivity contribution in [2.24, 2.45) is 4.99 Å². The molecule has 5 rings (SSSR count). The van der Waals surface area contributed by atoms with Crippen LogP contribution in [0.5, 0.6) is 17.2 Å². The van der Waals surface area contributed by atoms with Gasteiger partial charge in [-0.1, -0.05) is 47.7 Å². The second-order valence-corrected chi connectivity index (χ2v) is 9.84. The van der Waals surface area contributed by atoms with E-state index in [9.17, 15) is 14.7 Å². The van der Waals surface area contributed by atoms with Gasteiger partial charge < -0.3 is 19.9 Å². The van der Waals surface area contributed by atoms with Crippen LogP contribution in [-0.2, 0) is 4.79 Å². The minimum Gasteiger partial charge on any atom is -0.504 e. The van der Waals surface area contributed by atoms with Gasteiger partial charge in [-0.15, -0.1) is 0 Å². The number of nitrogens with zero attached hydrogens (tertiary/aromatic N) is 2. The number of nitrogens with one attached hydrogen (secondary N) is 1. The first-order chi connectivity index (χ1) is 18.9. The second-order valence-electron chi connectivity index (χ2n) is 8.84. The number of para-hydroxylation sites is 1. The van der Waals surface area contributed by atoms with Crippen LogP contribution < -0.4 is 29.7 Å². The molecule has 9 heteroatoms. The van der Waals surface area contributed by atoms with Gasteiger partial charge in [0.05, 0.1) is 35.6 Å². The van der Waals surface area contributed by atoms with Gasteiger partial charge in [-0.3, -0.25) is 14.2 Å². The molecule has 0 aliphatic carbocycles. The van der Waals surface area contributed by atoms with E-state index >= 15 is 0 Å². The number of methoxy groups -OCH3 is 1. The quantitative estimate of drug-likeness (QED) is 0.369. The number of allylic oxidation sites excluding steroid dienone is 1. The number of aromatic hydroxyl groups is 1. The van der Waals surface area contributed by atoms with Gasteiger partial charge in [0.2, 0.25) is 0 Å². The average molecular weight is 542 g/mol. The highest BCUT2D eigenvalue weighted by Crippen LogP contribution is 2.32. The van der Waals surface area contributed by atoms with E-state index in [1.807, 2.05) is 49.4 Å². The van der Waals surface area contributed by atoms with Crippen molar-refractivity contribution >= 4 is 29.0 Å². The summed E-state index contributed by atoms with van der Waals surface area (Å²) in [5.74, 6) is 0.681. The van der Waals surface area contributed by atoms with Crippen molar-refractivity contribution < 1.29 is 19.4 Å². The van der Waals surface area contributed by atoms with Gasteiger partial charge in [0, 0.05) is 5.69 Å². The predicted molar refractivity (Wildman–Crippen MR) is 151 cm³/mol. The Balaban J connectivity index is 1.65. The van der Waals surface area contributed by atoms with Gasteiger partial charge in [-0.2, -0.15) is 0 Å². The van der Waals surface area contributed by atoms with E-state index in [4.69, 9.17) is 9.47 Å². The molecule has 0 spiro atoms. The van der Waals surface area contributed by atoms with Gasteiger partial charge in [0.25, 0.3) is 11.5 Å². The molecule has 1 atom stereocenters. The SMILES string of the molecule is CCOc1ccc(C2C(C(=O)Nc3ccccc3)=C(C)N=c3s/c(=C\c4ccc(O)c(OC)c4)c(=O)n32)cc1. The Morgan fingerprint density at radius 1 is 1.13 bits per heavy atom. The van der Waals surface area contributed by atoms with E-state index in [0.29, 0.717) is 50.0 Å². The van der Waals surface area contributed by atoms with Crippen LogP contribution in [-0.4, -0.2) is 29.3 Å². The summed E-state index contributed by atoms with van der Waals surface area (Å²) < 4.78 is 12.8. The number of ether oxygens (including phenoxy) is 2. The number of phenols is 1. The number of thiazole rings is 1. The lowest BCUT2D eigenvalue weighted by atomic mass is 9.95. The van der Waals surface area contributed by atoms with Crippen LogP contribution in [0, 0.1) is 0 Å². The van der Waals surface area contributed by atoms with Gasteiger partial charge >= 0.3 is 0 Å². The lowest BCUT2D eigenvalue weighted by Gasteiger charge is -2.25. The van der Waals surface area contributed by atoms with Crippen molar-refractivity contribution in [1.29, 1.82) is 0 Å². The molecule has 2 N–H and O–H groups in total. The number of amides is 1. The first-order valence-electron chi connectivity index (χ1n) is 12.4. The van der Waals surface area contributed by atoms with E-state index in [-0.39, 0.29) is 17.2 Å². The van der Waals surface area contributed by atoms with Crippen LogP contribution in [0.3, 0.4) is 0 Å². The molecule has 4 aromatic rings. The van der Waals surface area contributed by atoms with Crippen molar-refractivity contribution in [1.82, 2.24) is 4.57 Å². The average Bonchev–Trinajstić information content (AvgIpc) is 3.24. The first-order valence-corrected chi connectivity index (χ1v) is 13.2. The fourth-order valence-electron chi connectivity index (χ4n) is 4.50. The minimum absolute atomic E-state index is 0.0105. The Morgan fingerprint density at radius 2 is 1.87 bits per heavy atom. The molecule has 0 saturated carbocycles. The summed E-state index contributed by atoms with van der Waals surface area (Å²) in [6.45, 7) is 4.22. The largest absolute Gasteiger partial charge is 0.504 e. The molecule has 1 aromatic heterocycles. The maximum absolute atomic E-state index is 13.8. The molecule has 39 heavy (non-hydrogen) atoms. The molecule has 2 heterocycles. The minimum atomic E-state index is -0.697. The smallest absolute Gasteiger partial charge is 0.271 e. The Labute approximate surface area is 228 Å². The predicted octanol–water partition coefficient (Wildman–Crippen LogP) is 3.99. The zero-order chi connectivity index (χ0) is 27.5. The Kier molecular flexibility index (Phi) is 7.33. The maximum atomic E-state index is 13.8. The fraction of sp³-hybridized carbons (Fsp3) is 0.167. The molecule has 3 aromatic carbocycles. The number of rotatable bonds is 7. The Morgan fingerprint density at radius 3 is 2.56 bits per heavy atom. The molecule has 8 nitrogen and oxygen atoms in total. The second kappa shape index (κ2) is 11.0. The van der Waals surface area contributed by atoms with Crippen LogP contribution >= 0.6 is 11.3 Å². The van der Waals surface area contributed by atoms with Gasteiger partial charge in [-0.05, 0) is 67.4 Å². The number of anilines is 1. The zero-order valence-corrected chi connectivity index (χ0v) is 22.5. The van der Waals surface area contributed by atoms with E-state index in [1.165, 1.54) is 24.5 Å². The van der Waals surface area contributed by atoms with E-state index in [2.05, 4.69) is 10.3 Å². The van der Waals surface area contributed by atoms with Crippen molar-refractivity contribution in [3.8, 4) is 17.2 Å².